The molecular formula is C22H23NO. The Morgan fingerprint density at radius 3 is 2.21 bits per heavy atom. The molecule has 3 aromatic rings. The highest BCUT2D eigenvalue weighted by atomic mass is 16.5. The van der Waals surface area contributed by atoms with Gasteiger partial charge in [-0.05, 0) is 35.7 Å². The molecule has 0 aliphatic rings. The predicted molar refractivity (Wildman–Crippen MR) is 98.9 cm³/mol. The van der Waals surface area contributed by atoms with Crippen LogP contribution in [0.25, 0.3) is 0 Å². The van der Waals surface area contributed by atoms with Crippen LogP contribution >= 0.6 is 0 Å². The molecular weight excluding hydrogens is 294 g/mol. The average molecular weight is 317 g/mol. The SMILES string of the molecule is Cc1ccc(COc2cccc(CNCc3ccccc3)c2)cc1. The van der Waals surface area contributed by atoms with Crippen LogP contribution in [0.4, 0.5) is 0 Å². The molecule has 122 valence electrons. The zero-order valence-electron chi connectivity index (χ0n) is 14.0. The lowest BCUT2D eigenvalue weighted by Gasteiger charge is -2.09. The minimum atomic E-state index is 0.598. The third kappa shape index (κ3) is 4.97. The van der Waals surface area contributed by atoms with Gasteiger partial charge in [0.1, 0.15) is 12.4 Å². The van der Waals surface area contributed by atoms with Crippen LogP contribution in [0.3, 0.4) is 0 Å². The molecule has 0 heterocycles. The van der Waals surface area contributed by atoms with Crippen LogP contribution < -0.4 is 10.1 Å². The van der Waals surface area contributed by atoms with Gasteiger partial charge in [-0.3, -0.25) is 0 Å². The highest BCUT2D eigenvalue weighted by molar-refractivity contribution is 5.29. The Bertz CT molecular complexity index is 750. The zero-order chi connectivity index (χ0) is 16.6. The molecule has 0 aliphatic heterocycles. The minimum absolute atomic E-state index is 0.598. The molecule has 0 aliphatic carbocycles. The van der Waals surface area contributed by atoms with Crippen molar-refractivity contribution in [3.8, 4) is 5.75 Å². The monoisotopic (exact) mass is 317 g/mol. The number of aryl methyl sites for hydroxylation is 1. The Morgan fingerprint density at radius 1 is 0.708 bits per heavy atom. The molecule has 0 fully saturated rings. The van der Waals surface area contributed by atoms with Gasteiger partial charge in [0.05, 0.1) is 0 Å². The van der Waals surface area contributed by atoms with E-state index in [-0.39, 0.29) is 0 Å². The van der Waals surface area contributed by atoms with Gasteiger partial charge in [0.2, 0.25) is 0 Å². The Balaban J connectivity index is 1.51. The third-order valence-corrected chi connectivity index (χ3v) is 3.93. The van der Waals surface area contributed by atoms with Gasteiger partial charge in [-0.25, -0.2) is 0 Å². The molecule has 3 aromatic carbocycles. The van der Waals surface area contributed by atoms with E-state index in [2.05, 4.69) is 72.9 Å². The second-order valence-corrected chi connectivity index (χ2v) is 6.01. The Morgan fingerprint density at radius 2 is 1.42 bits per heavy atom. The van der Waals surface area contributed by atoms with Crippen molar-refractivity contribution in [2.24, 2.45) is 0 Å². The molecule has 0 radical (unpaired) electrons. The van der Waals surface area contributed by atoms with Crippen LogP contribution in [0, 0.1) is 6.92 Å². The summed E-state index contributed by atoms with van der Waals surface area (Å²) < 4.78 is 5.91. The van der Waals surface area contributed by atoms with Crippen molar-refractivity contribution >= 4 is 0 Å². The maximum absolute atomic E-state index is 5.91. The molecule has 3 rings (SSSR count). The molecule has 0 unspecified atom stereocenters. The van der Waals surface area contributed by atoms with Gasteiger partial charge in [0.15, 0.2) is 0 Å². The highest BCUT2D eigenvalue weighted by Gasteiger charge is 1.99. The van der Waals surface area contributed by atoms with Crippen molar-refractivity contribution < 1.29 is 4.74 Å². The molecule has 24 heavy (non-hydrogen) atoms. The lowest BCUT2D eigenvalue weighted by molar-refractivity contribution is 0.306. The number of hydrogen-bond donors (Lipinski definition) is 1. The predicted octanol–water partition coefficient (Wildman–Crippen LogP) is 4.86. The number of hydrogen-bond acceptors (Lipinski definition) is 2. The molecule has 0 atom stereocenters. The van der Waals surface area contributed by atoms with E-state index in [1.165, 1.54) is 22.3 Å². The summed E-state index contributed by atoms with van der Waals surface area (Å²) in [5.41, 5.74) is 4.98. The first-order valence-corrected chi connectivity index (χ1v) is 8.31. The lowest BCUT2D eigenvalue weighted by Crippen LogP contribution is -2.12. The fraction of sp³-hybridized carbons (Fsp3) is 0.182. The van der Waals surface area contributed by atoms with E-state index in [4.69, 9.17) is 4.74 Å². The first-order chi connectivity index (χ1) is 11.8. The first kappa shape index (κ1) is 16.3. The minimum Gasteiger partial charge on any atom is -0.489 e. The number of rotatable bonds is 7. The quantitative estimate of drug-likeness (QED) is 0.671. The second kappa shape index (κ2) is 8.32. The summed E-state index contributed by atoms with van der Waals surface area (Å²) in [5, 5.41) is 3.47. The van der Waals surface area contributed by atoms with Crippen LogP contribution in [0.2, 0.25) is 0 Å². The second-order valence-electron chi connectivity index (χ2n) is 6.01. The van der Waals surface area contributed by atoms with E-state index in [9.17, 15) is 0 Å². The van der Waals surface area contributed by atoms with Crippen LogP contribution in [-0.4, -0.2) is 0 Å². The number of ether oxygens (including phenoxy) is 1. The van der Waals surface area contributed by atoms with Crippen molar-refractivity contribution in [2.45, 2.75) is 26.6 Å². The Kier molecular flexibility index (Phi) is 5.65. The van der Waals surface area contributed by atoms with Crippen molar-refractivity contribution in [3.63, 3.8) is 0 Å². The normalized spacial score (nSPS) is 10.5. The first-order valence-electron chi connectivity index (χ1n) is 8.31. The summed E-state index contributed by atoms with van der Waals surface area (Å²) in [5.74, 6) is 0.912. The van der Waals surface area contributed by atoms with E-state index in [0.717, 1.165) is 18.8 Å². The fourth-order valence-electron chi connectivity index (χ4n) is 2.54. The van der Waals surface area contributed by atoms with Gasteiger partial charge in [0.25, 0.3) is 0 Å². The molecule has 0 amide bonds. The van der Waals surface area contributed by atoms with Crippen molar-refractivity contribution in [1.29, 1.82) is 0 Å². The van der Waals surface area contributed by atoms with Crippen LogP contribution in [0.1, 0.15) is 22.3 Å². The summed E-state index contributed by atoms with van der Waals surface area (Å²) >= 11 is 0. The van der Waals surface area contributed by atoms with E-state index < -0.39 is 0 Å². The van der Waals surface area contributed by atoms with Crippen LogP contribution in [0.5, 0.6) is 5.75 Å². The molecule has 0 aromatic heterocycles. The molecule has 2 heteroatoms. The molecule has 1 N–H and O–H groups in total. The molecule has 0 spiro atoms. The van der Waals surface area contributed by atoms with Gasteiger partial charge < -0.3 is 10.1 Å². The van der Waals surface area contributed by atoms with Crippen molar-refractivity contribution in [1.82, 2.24) is 5.32 Å². The van der Waals surface area contributed by atoms with Gasteiger partial charge in [-0.2, -0.15) is 0 Å². The third-order valence-electron chi connectivity index (χ3n) is 3.93. The molecule has 0 saturated heterocycles. The molecule has 0 saturated carbocycles. The van der Waals surface area contributed by atoms with Gasteiger partial charge >= 0.3 is 0 Å². The summed E-state index contributed by atoms with van der Waals surface area (Å²) in [6.07, 6.45) is 0. The fourth-order valence-corrected chi connectivity index (χ4v) is 2.54. The molecule has 2 nitrogen and oxygen atoms in total. The van der Waals surface area contributed by atoms with E-state index in [0.29, 0.717) is 6.61 Å². The standard InChI is InChI=1S/C22H23NO/c1-18-10-12-20(13-11-18)17-24-22-9-5-8-21(14-22)16-23-15-19-6-3-2-4-7-19/h2-14,23H,15-17H2,1H3. The Hall–Kier alpha value is -2.58. The van der Waals surface area contributed by atoms with Crippen LogP contribution in [0.15, 0.2) is 78.9 Å². The summed E-state index contributed by atoms with van der Waals surface area (Å²) in [7, 11) is 0. The van der Waals surface area contributed by atoms with Gasteiger partial charge in [-0.15, -0.1) is 0 Å². The van der Waals surface area contributed by atoms with Crippen LogP contribution in [-0.2, 0) is 19.7 Å². The molecule has 0 bridgehead atoms. The zero-order valence-corrected chi connectivity index (χ0v) is 14.0. The topological polar surface area (TPSA) is 21.3 Å². The number of nitrogens with one attached hydrogen (secondary N) is 1. The maximum atomic E-state index is 5.91. The summed E-state index contributed by atoms with van der Waals surface area (Å²) in [6, 6.07) is 27.2. The lowest BCUT2D eigenvalue weighted by atomic mass is 10.1. The van der Waals surface area contributed by atoms with E-state index >= 15 is 0 Å². The van der Waals surface area contributed by atoms with Gasteiger partial charge in [-0.1, -0.05) is 72.3 Å². The average Bonchev–Trinajstić information content (AvgIpc) is 2.63. The van der Waals surface area contributed by atoms with E-state index in [1.54, 1.807) is 0 Å². The largest absolute Gasteiger partial charge is 0.489 e. The smallest absolute Gasteiger partial charge is 0.120 e. The summed E-state index contributed by atoms with van der Waals surface area (Å²) in [6.45, 7) is 4.39. The van der Waals surface area contributed by atoms with Crippen molar-refractivity contribution in [2.75, 3.05) is 0 Å². The van der Waals surface area contributed by atoms with Gasteiger partial charge in [0, 0.05) is 13.1 Å². The summed E-state index contributed by atoms with van der Waals surface area (Å²) in [4.78, 5) is 0. The van der Waals surface area contributed by atoms with E-state index in [1.807, 2.05) is 18.2 Å². The maximum Gasteiger partial charge on any atom is 0.120 e. The highest BCUT2D eigenvalue weighted by Crippen LogP contribution is 2.15. The number of benzene rings is 3. The van der Waals surface area contributed by atoms with Crippen molar-refractivity contribution in [3.05, 3.63) is 101 Å². The Labute approximate surface area is 144 Å².